The summed E-state index contributed by atoms with van der Waals surface area (Å²) in [5, 5.41) is 6.70. The Morgan fingerprint density at radius 2 is 1.66 bits per heavy atom. The first-order chi connectivity index (χ1) is 15.2. The lowest BCUT2D eigenvalue weighted by atomic mass is 9.69. The van der Waals surface area contributed by atoms with Gasteiger partial charge in [0.15, 0.2) is 5.78 Å². The Bertz CT molecular complexity index is 1270. The Morgan fingerprint density at radius 1 is 0.969 bits per heavy atom. The van der Waals surface area contributed by atoms with E-state index in [1.54, 1.807) is 4.68 Å². The molecule has 3 aromatic rings. The summed E-state index contributed by atoms with van der Waals surface area (Å²) in [5.41, 5.74) is 5.03. The number of allylic oxidation sites excluding steroid dienone is 2. The van der Waals surface area contributed by atoms with Crippen molar-refractivity contribution in [3.05, 3.63) is 92.9 Å². The van der Waals surface area contributed by atoms with Crippen LogP contribution in [0.25, 0.3) is 5.69 Å². The normalized spacial score (nSPS) is 19.5. The number of carbonyl (C=O) groups excluding carboxylic acids is 1. The molecule has 0 fully saturated rings. The monoisotopic (exact) mass is 427 g/mol. The number of nitrogens with one attached hydrogen (secondary N) is 2. The Morgan fingerprint density at radius 3 is 2.31 bits per heavy atom. The molecule has 5 rings (SSSR count). The molecular formula is C27H29N3O2. The SMILES string of the molecule is CC(C)c1ccc([C@@H]2C3=C(CC(C)(C)CC3=O)Nc3[nH]n(-c4ccccc4)c(=O)c32)cc1. The number of benzene rings is 2. The fourth-order valence-electron chi connectivity index (χ4n) is 5.06. The summed E-state index contributed by atoms with van der Waals surface area (Å²) in [7, 11) is 0. The maximum Gasteiger partial charge on any atom is 0.277 e. The van der Waals surface area contributed by atoms with Gasteiger partial charge in [-0.3, -0.25) is 14.7 Å². The van der Waals surface area contributed by atoms with Gasteiger partial charge in [0.1, 0.15) is 5.82 Å². The number of aromatic amines is 1. The first-order valence-electron chi connectivity index (χ1n) is 11.3. The van der Waals surface area contributed by atoms with Crippen molar-refractivity contribution in [2.75, 3.05) is 5.32 Å². The van der Waals surface area contributed by atoms with Crippen LogP contribution in [0, 0.1) is 5.41 Å². The highest BCUT2D eigenvalue weighted by Crippen LogP contribution is 2.47. The van der Waals surface area contributed by atoms with E-state index in [1.807, 2.05) is 30.3 Å². The highest BCUT2D eigenvalue weighted by atomic mass is 16.1. The molecule has 164 valence electrons. The van der Waals surface area contributed by atoms with Crippen LogP contribution in [0.5, 0.6) is 0 Å². The lowest BCUT2D eigenvalue weighted by molar-refractivity contribution is -0.118. The van der Waals surface area contributed by atoms with Crippen molar-refractivity contribution >= 4 is 11.6 Å². The fourth-order valence-corrected chi connectivity index (χ4v) is 5.06. The number of para-hydroxylation sites is 1. The van der Waals surface area contributed by atoms with Crippen molar-refractivity contribution < 1.29 is 4.79 Å². The van der Waals surface area contributed by atoms with Crippen LogP contribution in [0.4, 0.5) is 5.82 Å². The molecule has 1 atom stereocenters. The van der Waals surface area contributed by atoms with Gasteiger partial charge >= 0.3 is 0 Å². The van der Waals surface area contributed by atoms with Crippen LogP contribution in [0.2, 0.25) is 0 Å². The molecule has 0 saturated carbocycles. The molecule has 1 aliphatic carbocycles. The number of anilines is 1. The van der Waals surface area contributed by atoms with Crippen LogP contribution < -0.4 is 10.9 Å². The van der Waals surface area contributed by atoms with Crippen molar-refractivity contribution in [1.82, 2.24) is 9.78 Å². The van der Waals surface area contributed by atoms with Gasteiger partial charge < -0.3 is 5.32 Å². The van der Waals surface area contributed by atoms with Gasteiger partial charge in [-0.1, -0.05) is 70.2 Å². The van der Waals surface area contributed by atoms with Gasteiger partial charge in [0.2, 0.25) is 0 Å². The standard InChI is InChI=1S/C27H29N3O2/c1-16(2)17-10-12-18(13-11-17)22-23-20(14-27(3,4)15-21(23)31)28-25-24(22)26(32)30(29-25)19-8-6-5-7-9-19/h5-13,16,22,28-29H,14-15H2,1-4H3/t22-/m1/s1. The molecule has 32 heavy (non-hydrogen) atoms. The first-order valence-corrected chi connectivity index (χ1v) is 11.3. The summed E-state index contributed by atoms with van der Waals surface area (Å²) in [5.74, 6) is 0.849. The zero-order chi connectivity index (χ0) is 22.6. The topological polar surface area (TPSA) is 66.9 Å². The van der Waals surface area contributed by atoms with Crippen molar-refractivity contribution in [2.24, 2.45) is 5.41 Å². The zero-order valence-corrected chi connectivity index (χ0v) is 19.0. The van der Waals surface area contributed by atoms with E-state index in [0.29, 0.717) is 23.7 Å². The molecule has 5 nitrogen and oxygen atoms in total. The van der Waals surface area contributed by atoms with E-state index in [2.05, 4.69) is 62.4 Å². The fraction of sp³-hybridized carbons (Fsp3) is 0.333. The van der Waals surface area contributed by atoms with Gasteiger partial charge in [0.05, 0.1) is 11.3 Å². The Hall–Kier alpha value is -3.34. The van der Waals surface area contributed by atoms with Gasteiger partial charge in [0, 0.05) is 23.6 Å². The molecule has 2 N–H and O–H groups in total. The minimum absolute atomic E-state index is 0.116. The number of fused-ring (bicyclic) bond motifs is 1. The number of ketones is 1. The summed E-state index contributed by atoms with van der Waals surface area (Å²) in [6.45, 7) is 8.57. The highest BCUT2D eigenvalue weighted by molar-refractivity contribution is 6.01. The van der Waals surface area contributed by atoms with Crippen LogP contribution in [-0.4, -0.2) is 15.6 Å². The number of carbonyl (C=O) groups is 1. The molecule has 2 heterocycles. The largest absolute Gasteiger partial charge is 0.343 e. The Labute approximate surface area is 188 Å². The Balaban J connectivity index is 1.72. The van der Waals surface area contributed by atoms with Crippen LogP contribution in [-0.2, 0) is 4.79 Å². The van der Waals surface area contributed by atoms with Crippen LogP contribution >= 0.6 is 0 Å². The molecule has 0 spiro atoms. The summed E-state index contributed by atoms with van der Waals surface area (Å²) >= 11 is 0. The minimum Gasteiger partial charge on any atom is -0.343 e. The van der Waals surface area contributed by atoms with Gasteiger partial charge in [-0.2, -0.15) is 0 Å². The molecule has 0 saturated heterocycles. The van der Waals surface area contributed by atoms with Crippen LogP contribution in [0.3, 0.4) is 0 Å². The lowest BCUT2D eigenvalue weighted by Crippen LogP contribution is -2.35. The van der Waals surface area contributed by atoms with Gasteiger partial charge in [0.25, 0.3) is 5.56 Å². The molecule has 1 aliphatic heterocycles. The zero-order valence-electron chi connectivity index (χ0n) is 19.0. The van der Waals surface area contributed by atoms with E-state index in [-0.39, 0.29) is 22.7 Å². The van der Waals surface area contributed by atoms with Crippen molar-refractivity contribution in [2.45, 2.75) is 52.4 Å². The number of H-pyrrole nitrogens is 1. The predicted octanol–water partition coefficient (Wildman–Crippen LogP) is 5.49. The smallest absolute Gasteiger partial charge is 0.277 e. The number of aromatic nitrogens is 2. The maximum absolute atomic E-state index is 13.6. The summed E-state index contributed by atoms with van der Waals surface area (Å²) in [6, 6.07) is 17.9. The van der Waals surface area contributed by atoms with E-state index in [0.717, 1.165) is 28.9 Å². The number of hydrogen-bond acceptors (Lipinski definition) is 3. The number of hydrogen-bond donors (Lipinski definition) is 2. The quantitative estimate of drug-likeness (QED) is 0.581. The molecule has 5 heteroatoms. The molecular weight excluding hydrogens is 398 g/mol. The average molecular weight is 428 g/mol. The maximum atomic E-state index is 13.6. The predicted molar refractivity (Wildman–Crippen MR) is 127 cm³/mol. The summed E-state index contributed by atoms with van der Waals surface area (Å²) in [4.78, 5) is 27.0. The Kier molecular flexibility index (Phi) is 4.73. The van der Waals surface area contributed by atoms with E-state index in [9.17, 15) is 9.59 Å². The molecule has 0 amide bonds. The summed E-state index contributed by atoms with van der Waals surface area (Å²) < 4.78 is 1.57. The van der Waals surface area contributed by atoms with Crippen molar-refractivity contribution in [1.29, 1.82) is 0 Å². The van der Waals surface area contributed by atoms with Crippen LogP contribution in [0.1, 0.15) is 69.1 Å². The second-order valence-electron chi connectivity index (χ2n) is 10.1. The average Bonchev–Trinajstić information content (AvgIpc) is 3.08. The van der Waals surface area contributed by atoms with Crippen molar-refractivity contribution in [3.8, 4) is 5.69 Å². The third kappa shape index (κ3) is 3.32. The number of Topliss-reactive ketones (excluding diaryl/α,β-unsaturated/α-hetero) is 1. The molecule has 0 unspecified atom stereocenters. The first kappa shape index (κ1) is 20.6. The highest BCUT2D eigenvalue weighted by Gasteiger charge is 2.42. The lowest BCUT2D eigenvalue weighted by Gasteiger charge is -2.37. The van der Waals surface area contributed by atoms with E-state index < -0.39 is 0 Å². The molecule has 0 radical (unpaired) electrons. The molecule has 2 aliphatic rings. The summed E-state index contributed by atoms with van der Waals surface area (Å²) in [6.07, 6.45) is 1.26. The number of rotatable bonds is 3. The third-order valence-electron chi connectivity index (χ3n) is 6.65. The third-order valence-corrected chi connectivity index (χ3v) is 6.65. The van der Waals surface area contributed by atoms with Crippen LogP contribution in [0.15, 0.2) is 70.7 Å². The van der Waals surface area contributed by atoms with Gasteiger partial charge in [-0.05, 0) is 41.0 Å². The molecule has 0 bridgehead atoms. The second kappa shape index (κ2) is 7.37. The van der Waals surface area contributed by atoms with Gasteiger partial charge in [-0.25, -0.2) is 4.68 Å². The van der Waals surface area contributed by atoms with Gasteiger partial charge in [-0.15, -0.1) is 0 Å². The molecule has 1 aromatic heterocycles. The van der Waals surface area contributed by atoms with E-state index >= 15 is 0 Å². The van der Waals surface area contributed by atoms with E-state index in [4.69, 9.17) is 0 Å². The minimum atomic E-state index is -0.375. The number of nitrogens with zero attached hydrogens (tertiary/aromatic N) is 1. The van der Waals surface area contributed by atoms with E-state index in [1.165, 1.54) is 5.56 Å². The molecule has 2 aromatic carbocycles. The van der Waals surface area contributed by atoms with Crippen molar-refractivity contribution in [3.63, 3.8) is 0 Å². The second-order valence-corrected chi connectivity index (χ2v) is 10.1.